The molecule has 1 atom stereocenters. The number of aliphatic hydroxyl groups excluding tert-OH is 2. The fraction of sp³-hybridized carbons (Fsp3) is 0.226. The molecule has 2 aromatic heterocycles. The van der Waals surface area contributed by atoms with Crippen LogP contribution in [-0.4, -0.2) is 77.3 Å². The number of aromatic hydroxyl groups is 1. The van der Waals surface area contributed by atoms with Gasteiger partial charge in [0.05, 0.1) is 29.8 Å². The molecule has 0 spiro atoms. The first kappa shape index (κ1) is 52.9. The van der Waals surface area contributed by atoms with Gasteiger partial charge in [0.15, 0.2) is 0 Å². The van der Waals surface area contributed by atoms with Crippen molar-refractivity contribution in [1.29, 1.82) is 0 Å². The zero-order valence-electron chi connectivity index (χ0n) is 44.5. The lowest BCUT2D eigenvalue weighted by molar-refractivity contribution is -0.538. The number of para-hydroxylation sites is 2. The fourth-order valence-corrected chi connectivity index (χ4v) is 9.38. The number of aliphatic hydroxyl groups is 2. The van der Waals surface area contributed by atoms with Crippen LogP contribution in [0.2, 0.25) is 0 Å². The molecule has 77 heavy (non-hydrogen) atoms. The first-order valence-corrected chi connectivity index (χ1v) is 26.3. The Kier molecular flexibility index (Phi) is 16.9. The van der Waals surface area contributed by atoms with Gasteiger partial charge in [-0.3, -0.25) is 0 Å². The maximum atomic E-state index is 10.5. The third kappa shape index (κ3) is 12.1. The standard InChI is InChI=1S/C31H32N6O2.C31H32N6O/c1-3-36(4-2)26-15-17-29-31(19-26)37(25-8-6-5-7-9-25)30-18-24(14-16-28(30)33-29)35-34-23-12-10-22(11-13-23)32-20-27(39)21-38;1-5-32-27-20-31(38)28(17-21(27)4)35-34-22-13-15-25-29(18-22)37(23-11-9-8-10-12-23)30-19-24(36(6-2)7-3)14-16-26(30)33-25/h5-19,27,38-39H,3-4,20-21H2,1-2H3;8-20H,5-7H2,1-4H3,(H,32,38)/p+2. The van der Waals surface area contributed by atoms with Crippen molar-refractivity contribution in [3.05, 3.63) is 175 Å². The van der Waals surface area contributed by atoms with Crippen LogP contribution in [0.15, 0.2) is 190 Å². The second kappa shape index (κ2) is 24.6. The lowest BCUT2D eigenvalue weighted by atomic mass is 10.1. The first-order chi connectivity index (χ1) is 37.6. The molecule has 0 aliphatic heterocycles. The molecule has 0 saturated carbocycles. The summed E-state index contributed by atoms with van der Waals surface area (Å²) in [4.78, 5) is 14.6. The molecule has 2 heterocycles. The molecule has 390 valence electrons. The van der Waals surface area contributed by atoms with E-state index in [0.717, 1.165) is 122 Å². The number of hydrogen-bond acceptors (Lipinski definition) is 13. The van der Waals surface area contributed by atoms with Gasteiger partial charge in [0.25, 0.3) is 0 Å². The van der Waals surface area contributed by atoms with Crippen molar-refractivity contribution >= 4 is 89.6 Å². The Labute approximate surface area is 449 Å². The fourth-order valence-electron chi connectivity index (χ4n) is 9.38. The summed E-state index contributed by atoms with van der Waals surface area (Å²) in [5.74, 6) is 0.0898. The molecule has 15 nitrogen and oxygen atoms in total. The molecule has 0 aliphatic carbocycles. The van der Waals surface area contributed by atoms with E-state index in [2.05, 4.69) is 138 Å². The number of aryl methyl sites for hydroxylation is 1. The van der Waals surface area contributed by atoms with E-state index in [4.69, 9.17) is 15.1 Å². The van der Waals surface area contributed by atoms with Crippen LogP contribution in [0, 0.1) is 6.92 Å². The lowest BCUT2D eigenvalue weighted by Crippen LogP contribution is -2.33. The Morgan fingerprint density at radius 3 is 1.42 bits per heavy atom. The monoisotopic (exact) mass is 1030 g/mol. The molecule has 0 saturated heterocycles. The van der Waals surface area contributed by atoms with Crippen LogP contribution in [0.5, 0.6) is 5.75 Å². The number of hydrogen-bond donors (Lipinski definition) is 5. The third-order valence-electron chi connectivity index (χ3n) is 13.4. The molecular weight excluding hydrogens is 961 g/mol. The van der Waals surface area contributed by atoms with Crippen LogP contribution in [0.3, 0.4) is 0 Å². The number of azo groups is 2. The molecule has 15 heteroatoms. The van der Waals surface area contributed by atoms with E-state index < -0.39 is 6.10 Å². The van der Waals surface area contributed by atoms with E-state index in [0.29, 0.717) is 17.1 Å². The van der Waals surface area contributed by atoms with Crippen LogP contribution >= 0.6 is 0 Å². The minimum atomic E-state index is -0.800. The van der Waals surface area contributed by atoms with Crippen molar-refractivity contribution in [2.45, 2.75) is 47.6 Å². The Bertz CT molecular complexity index is 3700. The van der Waals surface area contributed by atoms with E-state index >= 15 is 0 Å². The van der Waals surface area contributed by atoms with Crippen LogP contribution in [0.25, 0.3) is 55.5 Å². The van der Waals surface area contributed by atoms with Crippen molar-refractivity contribution in [3.63, 3.8) is 0 Å². The van der Waals surface area contributed by atoms with Gasteiger partial charge in [0.2, 0.25) is 33.4 Å². The number of aromatic nitrogens is 4. The SMILES string of the molecule is CCN(CC)c1ccc2nc3ccc(N=Nc4ccc(NCC(O)CO)cc4)cc3[n+](-c3ccccc3)c2c1.CCNc1cc(O)c(N=Nc2ccc3nc4ccc(N(CC)CC)cc4[n+](-c4ccccc4)c3c2)cc1C. The summed E-state index contributed by atoms with van der Waals surface area (Å²) >= 11 is 0. The van der Waals surface area contributed by atoms with Crippen molar-refractivity contribution in [2.75, 3.05) is 66.3 Å². The molecule has 0 fully saturated rings. The van der Waals surface area contributed by atoms with Crippen LogP contribution in [0.1, 0.15) is 40.2 Å². The lowest BCUT2D eigenvalue weighted by Gasteiger charge is -2.20. The summed E-state index contributed by atoms with van der Waals surface area (Å²) in [5.41, 5.74) is 17.2. The van der Waals surface area contributed by atoms with Gasteiger partial charge in [-0.15, -0.1) is 14.2 Å². The predicted octanol–water partition coefficient (Wildman–Crippen LogP) is 13.1. The predicted molar refractivity (Wildman–Crippen MR) is 312 cm³/mol. The van der Waals surface area contributed by atoms with Crippen molar-refractivity contribution in [2.24, 2.45) is 20.5 Å². The zero-order chi connectivity index (χ0) is 53.8. The van der Waals surface area contributed by atoms with Crippen molar-refractivity contribution in [3.8, 4) is 17.1 Å². The second-order valence-corrected chi connectivity index (χ2v) is 18.5. The van der Waals surface area contributed by atoms with E-state index in [-0.39, 0.29) is 18.9 Å². The Balaban J connectivity index is 0.000000188. The summed E-state index contributed by atoms with van der Waals surface area (Å²) in [6, 6.07) is 56.3. The highest BCUT2D eigenvalue weighted by atomic mass is 16.3. The number of rotatable bonds is 18. The molecule has 5 N–H and O–H groups in total. The van der Waals surface area contributed by atoms with E-state index in [1.54, 1.807) is 6.07 Å². The zero-order valence-corrected chi connectivity index (χ0v) is 44.5. The van der Waals surface area contributed by atoms with Crippen molar-refractivity contribution < 1.29 is 24.5 Å². The maximum absolute atomic E-state index is 10.5. The first-order valence-electron chi connectivity index (χ1n) is 26.3. The van der Waals surface area contributed by atoms with Crippen LogP contribution in [0.4, 0.5) is 45.5 Å². The molecule has 0 bridgehead atoms. The third-order valence-corrected chi connectivity index (χ3v) is 13.4. The minimum Gasteiger partial charge on any atom is -0.506 e. The van der Waals surface area contributed by atoms with Crippen LogP contribution in [-0.2, 0) is 0 Å². The highest BCUT2D eigenvalue weighted by molar-refractivity contribution is 5.87. The molecule has 8 aromatic carbocycles. The van der Waals surface area contributed by atoms with Gasteiger partial charge in [0.1, 0.15) is 33.5 Å². The Morgan fingerprint density at radius 1 is 0.506 bits per heavy atom. The largest absolute Gasteiger partial charge is 0.506 e. The minimum absolute atomic E-state index is 0.0898. The summed E-state index contributed by atoms with van der Waals surface area (Å²) in [5, 5.41) is 53.1. The van der Waals surface area contributed by atoms with Crippen molar-refractivity contribution in [1.82, 2.24) is 9.97 Å². The summed E-state index contributed by atoms with van der Waals surface area (Å²) in [6.07, 6.45) is -0.800. The average Bonchev–Trinajstić information content (AvgIpc) is 3.55. The topological polar surface area (TPSA) is 174 Å². The number of nitrogens with zero attached hydrogens (tertiary/aromatic N) is 10. The highest BCUT2D eigenvalue weighted by Crippen LogP contribution is 2.35. The normalized spacial score (nSPS) is 11.9. The Hall–Kier alpha value is -8.92. The van der Waals surface area contributed by atoms with Gasteiger partial charge in [-0.05, 0) is 126 Å². The average molecular weight is 1030 g/mol. The van der Waals surface area contributed by atoms with Crippen LogP contribution < -0.4 is 29.6 Å². The van der Waals surface area contributed by atoms with Gasteiger partial charge < -0.3 is 35.8 Å². The van der Waals surface area contributed by atoms with E-state index in [9.17, 15) is 10.2 Å². The smallest absolute Gasteiger partial charge is 0.239 e. The van der Waals surface area contributed by atoms with Gasteiger partial charge in [-0.25, -0.2) is 9.97 Å². The number of benzene rings is 8. The van der Waals surface area contributed by atoms with E-state index in [1.807, 2.05) is 117 Å². The molecule has 10 rings (SSSR count). The number of phenolic OH excluding ortho intramolecular Hbond substituents is 1. The summed E-state index contributed by atoms with van der Waals surface area (Å²) < 4.78 is 4.47. The van der Waals surface area contributed by atoms with E-state index in [1.165, 1.54) is 0 Å². The molecule has 0 amide bonds. The highest BCUT2D eigenvalue weighted by Gasteiger charge is 2.23. The molecule has 0 aliphatic rings. The number of nitrogens with one attached hydrogen (secondary N) is 2. The summed E-state index contributed by atoms with van der Waals surface area (Å²) in [7, 11) is 0. The molecular formula is C62H66N12O3+2. The molecule has 0 radical (unpaired) electrons. The summed E-state index contributed by atoms with van der Waals surface area (Å²) in [6.45, 7) is 17.2. The quantitative estimate of drug-likeness (QED) is 0.0318. The van der Waals surface area contributed by atoms with Gasteiger partial charge in [-0.2, -0.15) is 15.3 Å². The second-order valence-electron chi connectivity index (χ2n) is 18.5. The van der Waals surface area contributed by atoms with Gasteiger partial charge in [-0.1, -0.05) is 36.4 Å². The van der Waals surface area contributed by atoms with Gasteiger partial charge in [0, 0.05) is 117 Å². The number of anilines is 4. The molecule has 1 unspecified atom stereocenters. The Morgan fingerprint density at radius 2 is 0.948 bits per heavy atom. The molecule has 10 aromatic rings. The number of fused-ring (bicyclic) bond motifs is 4. The maximum Gasteiger partial charge on any atom is 0.239 e. The number of phenols is 1. The van der Waals surface area contributed by atoms with Gasteiger partial charge >= 0.3 is 0 Å².